The smallest absolute Gasteiger partial charge is 0.306 e. The molecule has 2 heterocycles. The van der Waals surface area contributed by atoms with Gasteiger partial charge in [-0.15, -0.1) is 0 Å². The van der Waals surface area contributed by atoms with Gasteiger partial charge in [-0.1, -0.05) is 11.6 Å². The van der Waals surface area contributed by atoms with Crippen LogP contribution >= 0.6 is 11.6 Å². The molecule has 2 saturated carbocycles. The Labute approximate surface area is 195 Å². The quantitative estimate of drug-likeness (QED) is 0.518. The number of carboxylic acids is 1. The average molecular weight is 467 g/mol. The lowest BCUT2D eigenvalue weighted by Gasteiger charge is -2.26. The number of fused-ring (bicyclic) bond motifs is 1. The summed E-state index contributed by atoms with van der Waals surface area (Å²) in [7, 11) is 0. The van der Waals surface area contributed by atoms with Crippen LogP contribution in [0.2, 0.25) is 5.02 Å². The number of nitrogens with one attached hydrogen (secondary N) is 1. The highest BCUT2D eigenvalue weighted by Crippen LogP contribution is 2.34. The standard InChI is InChI=1S/C24H23ClN4O4/c25-18-11-19-22(29-24(27-19)33-17-7-4-13(5-8-17)23(30)31)28-21(18)14-6-9-20(15(10-14)12-26)32-16-2-1-3-16/h6,9-11,13,16-17H,1-5,7-8H2,(H,30,31)(H,27,28,29). The van der Waals surface area contributed by atoms with Gasteiger partial charge < -0.3 is 19.6 Å². The summed E-state index contributed by atoms with van der Waals surface area (Å²) in [6, 6.07) is 9.66. The largest absolute Gasteiger partial charge is 0.489 e. The van der Waals surface area contributed by atoms with Crippen LogP contribution in [0.15, 0.2) is 24.3 Å². The van der Waals surface area contributed by atoms with Crippen LogP contribution in [0.5, 0.6) is 11.8 Å². The third-order valence-electron chi connectivity index (χ3n) is 6.43. The number of nitriles is 1. The Morgan fingerprint density at radius 3 is 2.52 bits per heavy atom. The summed E-state index contributed by atoms with van der Waals surface area (Å²) in [6.45, 7) is 0. The van der Waals surface area contributed by atoms with E-state index in [9.17, 15) is 10.1 Å². The summed E-state index contributed by atoms with van der Waals surface area (Å²) in [4.78, 5) is 23.3. The molecular formula is C24H23ClN4O4. The maximum absolute atomic E-state index is 11.1. The van der Waals surface area contributed by atoms with Gasteiger partial charge in [-0.3, -0.25) is 4.79 Å². The van der Waals surface area contributed by atoms with E-state index in [1.807, 2.05) is 6.07 Å². The van der Waals surface area contributed by atoms with Gasteiger partial charge in [0.2, 0.25) is 0 Å². The SMILES string of the molecule is N#Cc1cc(-c2nc3nc(OC4CCC(C(=O)O)CC4)[nH]c3cc2Cl)ccc1OC1CCC1. The maximum Gasteiger partial charge on any atom is 0.306 e. The fourth-order valence-electron chi connectivity index (χ4n) is 4.28. The molecule has 0 saturated heterocycles. The van der Waals surface area contributed by atoms with E-state index in [4.69, 9.17) is 26.2 Å². The zero-order chi connectivity index (χ0) is 22.9. The minimum Gasteiger partial charge on any atom is -0.489 e. The number of hydrogen-bond donors (Lipinski definition) is 2. The lowest BCUT2D eigenvalue weighted by molar-refractivity contribution is -0.143. The zero-order valence-corrected chi connectivity index (χ0v) is 18.6. The molecule has 2 fully saturated rings. The lowest BCUT2D eigenvalue weighted by Crippen LogP contribution is -2.28. The topological polar surface area (TPSA) is 121 Å². The van der Waals surface area contributed by atoms with E-state index in [0.717, 1.165) is 19.3 Å². The first-order valence-electron chi connectivity index (χ1n) is 11.2. The molecule has 0 spiro atoms. The predicted octanol–water partition coefficient (Wildman–Crippen LogP) is 5.10. The summed E-state index contributed by atoms with van der Waals surface area (Å²) < 4.78 is 11.9. The first-order valence-corrected chi connectivity index (χ1v) is 11.5. The highest BCUT2D eigenvalue weighted by molar-refractivity contribution is 6.33. The Morgan fingerprint density at radius 1 is 1.09 bits per heavy atom. The van der Waals surface area contributed by atoms with Crippen LogP contribution in [0.1, 0.15) is 50.5 Å². The fourth-order valence-corrected chi connectivity index (χ4v) is 4.54. The van der Waals surface area contributed by atoms with Crippen molar-refractivity contribution in [1.82, 2.24) is 15.0 Å². The Balaban J connectivity index is 1.36. The van der Waals surface area contributed by atoms with E-state index in [-0.39, 0.29) is 18.1 Å². The molecule has 2 aromatic heterocycles. The number of pyridine rings is 1. The third kappa shape index (κ3) is 4.46. The molecule has 0 radical (unpaired) electrons. The molecule has 9 heteroatoms. The van der Waals surface area contributed by atoms with Gasteiger partial charge in [0.05, 0.1) is 33.8 Å². The second kappa shape index (κ2) is 8.91. The monoisotopic (exact) mass is 466 g/mol. The molecule has 2 aliphatic rings. The first kappa shape index (κ1) is 21.5. The first-order chi connectivity index (χ1) is 16.0. The molecule has 0 amide bonds. The van der Waals surface area contributed by atoms with Gasteiger partial charge >= 0.3 is 5.97 Å². The van der Waals surface area contributed by atoms with E-state index >= 15 is 0 Å². The number of rotatable bonds is 6. The number of ether oxygens (including phenoxy) is 2. The Morgan fingerprint density at radius 2 is 1.85 bits per heavy atom. The number of halogens is 1. The molecule has 1 aromatic carbocycles. The number of carbonyl (C=O) groups is 1. The number of carboxylic acid groups (broad SMARTS) is 1. The van der Waals surface area contributed by atoms with Gasteiger partial charge in [0.15, 0.2) is 5.65 Å². The van der Waals surface area contributed by atoms with Gasteiger partial charge in [0.1, 0.15) is 17.9 Å². The van der Waals surface area contributed by atoms with E-state index in [2.05, 4.69) is 21.0 Å². The van der Waals surface area contributed by atoms with Crippen molar-refractivity contribution >= 4 is 28.7 Å². The van der Waals surface area contributed by atoms with Crippen molar-refractivity contribution in [2.45, 2.75) is 57.2 Å². The summed E-state index contributed by atoms with van der Waals surface area (Å²) in [5.74, 6) is -0.464. The summed E-state index contributed by atoms with van der Waals surface area (Å²) in [5.41, 5.74) is 2.77. The van der Waals surface area contributed by atoms with Crippen LogP contribution in [0.3, 0.4) is 0 Å². The van der Waals surface area contributed by atoms with Crippen LogP contribution in [-0.2, 0) is 4.79 Å². The van der Waals surface area contributed by atoms with Gasteiger partial charge in [0.25, 0.3) is 6.01 Å². The maximum atomic E-state index is 11.1. The van der Waals surface area contributed by atoms with E-state index in [1.165, 1.54) is 0 Å². The van der Waals surface area contributed by atoms with E-state index < -0.39 is 5.97 Å². The second-order valence-corrected chi connectivity index (χ2v) is 9.06. The van der Waals surface area contributed by atoms with E-state index in [0.29, 0.717) is 70.5 Å². The molecule has 170 valence electrons. The number of nitrogens with zero attached hydrogens (tertiary/aromatic N) is 3. The molecule has 5 rings (SSSR count). The van der Waals surface area contributed by atoms with Gasteiger partial charge in [-0.2, -0.15) is 10.2 Å². The normalized spacial score (nSPS) is 20.7. The molecular weight excluding hydrogens is 444 g/mol. The molecule has 0 atom stereocenters. The molecule has 3 aromatic rings. The number of aromatic amines is 1. The highest BCUT2D eigenvalue weighted by Gasteiger charge is 2.27. The molecule has 2 N–H and O–H groups in total. The van der Waals surface area contributed by atoms with Crippen molar-refractivity contribution < 1.29 is 19.4 Å². The van der Waals surface area contributed by atoms with Crippen molar-refractivity contribution in [2.75, 3.05) is 0 Å². The predicted molar refractivity (Wildman–Crippen MR) is 121 cm³/mol. The number of imidazole rings is 1. The number of aliphatic carboxylic acids is 1. The van der Waals surface area contributed by atoms with Crippen LogP contribution in [-0.4, -0.2) is 38.2 Å². The van der Waals surface area contributed by atoms with E-state index in [1.54, 1.807) is 18.2 Å². The number of H-pyrrole nitrogens is 1. The Bertz CT molecular complexity index is 1240. The van der Waals surface area contributed by atoms with Crippen molar-refractivity contribution in [3.8, 4) is 29.1 Å². The molecule has 8 nitrogen and oxygen atoms in total. The minimum atomic E-state index is -0.745. The van der Waals surface area contributed by atoms with Crippen molar-refractivity contribution in [3.63, 3.8) is 0 Å². The molecule has 0 bridgehead atoms. The summed E-state index contributed by atoms with van der Waals surface area (Å²) in [5, 5.41) is 19.2. The van der Waals surface area contributed by atoms with Crippen LogP contribution < -0.4 is 9.47 Å². The molecule has 2 aliphatic carbocycles. The summed E-state index contributed by atoms with van der Waals surface area (Å²) >= 11 is 6.51. The third-order valence-corrected chi connectivity index (χ3v) is 6.71. The van der Waals surface area contributed by atoms with Crippen molar-refractivity contribution in [1.29, 1.82) is 5.26 Å². The Hall–Kier alpha value is -3.31. The summed E-state index contributed by atoms with van der Waals surface area (Å²) in [6.07, 6.45) is 5.80. The van der Waals surface area contributed by atoms with Crippen LogP contribution in [0.25, 0.3) is 22.4 Å². The highest BCUT2D eigenvalue weighted by atomic mass is 35.5. The number of benzene rings is 1. The lowest BCUT2D eigenvalue weighted by atomic mass is 9.87. The van der Waals surface area contributed by atoms with Gasteiger partial charge in [-0.25, -0.2) is 4.98 Å². The average Bonchev–Trinajstić information content (AvgIpc) is 3.17. The number of aromatic nitrogens is 3. The van der Waals surface area contributed by atoms with Gasteiger partial charge in [-0.05, 0) is 69.2 Å². The van der Waals surface area contributed by atoms with Crippen LogP contribution in [0, 0.1) is 17.2 Å². The van der Waals surface area contributed by atoms with Crippen molar-refractivity contribution in [2.24, 2.45) is 5.92 Å². The molecule has 33 heavy (non-hydrogen) atoms. The van der Waals surface area contributed by atoms with Crippen molar-refractivity contribution in [3.05, 3.63) is 34.9 Å². The minimum absolute atomic E-state index is 0.0856. The molecule has 0 unspecified atom stereocenters. The second-order valence-electron chi connectivity index (χ2n) is 8.66. The van der Waals surface area contributed by atoms with Crippen LogP contribution in [0.4, 0.5) is 0 Å². The zero-order valence-electron chi connectivity index (χ0n) is 17.9. The number of hydrogen-bond acceptors (Lipinski definition) is 6. The Kier molecular flexibility index (Phi) is 5.81. The fraction of sp³-hybridized carbons (Fsp3) is 0.417. The van der Waals surface area contributed by atoms with Gasteiger partial charge in [0, 0.05) is 5.56 Å². The molecule has 0 aliphatic heterocycles.